The van der Waals surface area contributed by atoms with Crippen LogP contribution in [0.3, 0.4) is 0 Å². The van der Waals surface area contributed by atoms with Gasteiger partial charge in [0.2, 0.25) is 10.0 Å². The summed E-state index contributed by atoms with van der Waals surface area (Å²) in [7, 11) is -3.46. The van der Waals surface area contributed by atoms with Gasteiger partial charge in [-0.2, -0.15) is 0 Å². The van der Waals surface area contributed by atoms with Crippen molar-refractivity contribution < 1.29 is 17.9 Å². The van der Waals surface area contributed by atoms with Gasteiger partial charge in [-0.15, -0.1) is 11.3 Å². The second-order valence-corrected chi connectivity index (χ2v) is 9.46. The average molecular weight is 436 g/mol. The molecule has 0 aliphatic carbocycles. The van der Waals surface area contributed by atoms with Crippen LogP contribution >= 0.6 is 22.9 Å². The molecule has 0 unspecified atom stereocenters. The van der Waals surface area contributed by atoms with Crippen molar-refractivity contribution in [2.45, 2.75) is 6.61 Å². The quantitative estimate of drug-likeness (QED) is 0.646. The maximum Gasteiger partial charge on any atom is 0.265 e. The van der Waals surface area contributed by atoms with Gasteiger partial charge < -0.3 is 10.1 Å². The van der Waals surface area contributed by atoms with E-state index in [1.165, 1.54) is 23.5 Å². The Morgan fingerprint density at radius 1 is 1.25 bits per heavy atom. The molecule has 10 heteroatoms. The molecule has 3 aromatic rings. The van der Waals surface area contributed by atoms with E-state index in [0.29, 0.717) is 33.6 Å². The van der Waals surface area contributed by atoms with Gasteiger partial charge >= 0.3 is 0 Å². The lowest BCUT2D eigenvalue weighted by Gasteiger charge is -2.15. The summed E-state index contributed by atoms with van der Waals surface area (Å²) in [6.07, 6.45) is 2.72. The summed E-state index contributed by atoms with van der Waals surface area (Å²) >= 11 is 7.36. The molecule has 0 spiro atoms. The fourth-order valence-electron chi connectivity index (χ4n) is 2.83. The zero-order valence-electron chi connectivity index (χ0n) is 14.5. The van der Waals surface area contributed by atoms with E-state index in [-0.39, 0.29) is 11.6 Å². The molecule has 7 nitrogen and oxygen atoms in total. The maximum atomic E-state index is 12.7. The Kier molecular flexibility index (Phi) is 4.74. The van der Waals surface area contributed by atoms with Crippen molar-refractivity contribution in [3.8, 4) is 17.0 Å². The highest BCUT2D eigenvalue weighted by Gasteiger charge is 2.23. The Bertz CT molecular complexity index is 1190. The monoisotopic (exact) mass is 435 g/mol. The van der Waals surface area contributed by atoms with Crippen molar-refractivity contribution >= 4 is 50.2 Å². The largest absolute Gasteiger partial charge is 0.486 e. The van der Waals surface area contributed by atoms with E-state index < -0.39 is 10.0 Å². The van der Waals surface area contributed by atoms with E-state index in [0.717, 1.165) is 16.7 Å². The zero-order valence-corrected chi connectivity index (χ0v) is 16.9. The standard InChI is InChI=1S/C18H14ClN3O4S2/c1-28(24,25)22-12-6-10(19)5-11(7-12)21-18(23)15-8-13-16(27-15)9-26-14-3-2-4-20-17(13)14/h2-8,22H,9H2,1H3,(H,21,23). The minimum Gasteiger partial charge on any atom is -0.486 e. The number of ether oxygens (including phenoxy) is 1. The second-order valence-electron chi connectivity index (χ2n) is 6.14. The molecule has 144 valence electrons. The number of pyridine rings is 1. The number of nitrogens with one attached hydrogen (secondary N) is 2. The minimum atomic E-state index is -3.46. The van der Waals surface area contributed by atoms with Crippen LogP contribution in [0.15, 0.2) is 42.6 Å². The summed E-state index contributed by atoms with van der Waals surface area (Å²) in [4.78, 5) is 18.5. The highest BCUT2D eigenvalue weighted by atomic mass is 35.5. The Morgan fingerprint density at radius 3 is 2.82 bits per heavy atom. The number of amides is 1. The van der Waals surface area contributed by atoms with Gasteiger partial charge in [0, 0.05) is 22.5 Å². The predicted molar refractivity (Wildman–Crippen MR) is 110 cm³/mol. The first kappa shape index (κ1) is 18.7. The van der Waals surface area contributed by atoms with Gasteiger partial charge in [-0.1, -0.05) is 11.6 Å². The van der Waals surface area contributed by atoms with E-state index in [9.17, 15) is 13.2 Å². The summed E-state index contributed by atoms with van der Waals surface area (Å²) in [5.41, 5.74) is 2.23. The number of benzene rings is 1. The number of nitrogens with zero attached hydrogens (tertiary/aromatic N) is 1. The molecule has 0 fully saturated rings. The summed E-state index contributed by atoms with van der Waals surface area (Å²) in [5.74, 6) is 0.357. The Morgan fingerprint density at radius 2 is 2.04 bits per heavy atom. The highest BCUT2D eigenvalue weighted by Crippen LogP contribution is 2.40. The van der Waals surface area contributed by atoms with Crippen LogP contribution in [0, 0.1) is 0 Å². The Balaban J connectivity index is 1.60. The third-order valence-corrected chi connectivity index (χ3v) is 5.81. The fourth-order valence-corrected chi connectivity index (χ4v) is 4.58. The van der Waals surface area contributed by atoms with Gasteiger partial charge in [-0.25, -0.2) is 8.42 Å². The lowest BCUT2D eigenvalue weighted by molar-refractivity contribution is 0.103. The summed E-state index contributed by atoms with van der Waals surface area (Å²) < 4.78 is 30.9. The van der Waals surface area contributed by atoms with Crippen LogP contribution in [0.1, 0.15) is 14.5 Å². The lowest BCUT2D eigenvalue weighted by atomic mass is 10.1. The SMILES string of the molecule is CS(=O)(=O)Nc1cc(Cl)cc(NC(=O)c2cc3c(s2)COc2cccnc2-3)c1. The molecule has 1 aliphatic heterocycles. The summed E-state index contributed by atoms with van der Waals surface area (Å²) in [5, 5.41) is 3.04. The second kappa shape index (κ2) is 7.08. The number of aromatic nitrogens is 1. The third kappa shape index (κ3) is 3.96. The van der Waals surface area contributed by atoms with Crippen molar-refractivity contribution in [3.63, 3.8) is 0 Å². The number of anilines is 2. The minimum absolute atomic E-state index is 0.266. The molecular weight excluding hydrogens is 422 g/mol. The van der Waals surface area contributed by atoms with Gasteiger partial charge in [0.15, 0.2) is 0 Å². The number of thiophene rings is 1. The third-order valence-electron chi connectivity index (χ3n) is 3.88. The van der Waals surface area contributed by atoms with Crippen molar-refractivity contribution in [2.24, 2.45) is 0 Å². The molecule has 2 N–H and O–H groups in total. The van der Waals surface area contributed by atoms with E-state index in [1.54, 1.807) is 24.4 Å². The smallest absolute Gasteiger partial charge is 0.265 e. The van der Waals surface area contributed by atoms with E-state index in [2.05, 4.69) is 15.0 Å². The van der Waals surface area contributed by atoms with Crippen molar-refractivity contribution in [1.82, 2.24) is 4.98 Å². The number of hydrogen-bond donors (Lipinski definition) is 2. The fraction of sp³-hybridized carbons (Fsp3) is 0.111. The number of sulfonamides is 1. The lowest BCUT2D eigenvalue weighted by Crippen LogP contribution is -2.12. The molecular formula is C18H14ClN3O4S2. The molecule has 1 amide bonds. The molecule has 0 saturated heterocycles. The Labute approximate surface area is 170 Å². The first-order valence-corrected chi connectivity index (χ1v) is 11.2. The van der Waals surface area contributed by atoms with Crippen LogP contribution in [-0.4, -0.2) is 25.6 Å². The van der Waals surface area contributed by atoms with Gasteiger partial charge in [-0.3, -0.25) is 14.5 Å². The van der Waals surface area contributed by atoms with Crippen LogP contribution in [0.5, 0.6) is 5.75 Å². The van der Waals surface area contributed by atoms with Crippen molar-refractivity contribution in [1.29, 1.82) is 0 Å². The molecule has 28 heavy (non-hydrogen) atoms. The number of fused-ring (bicyclic) bond motifs is 3. The van der Waals surface area contributed by atoms with Crippen LogP contribution < -0.4 is 14.8 Å². The van der Waals surface area contributed by atoms with E-state index in [4.69, 9.17) is 16.3 Å². The van der Waals surface area contributed by atoms with Gasteiger partial charge in [-0.05, 0) is 36.4 Å². The molecule has 0 atom stereocenters. The number of hydrogen-bond acceptors (Lipinski definition) is 6. The first-order chi connectivity index (χ1) is 13.3. The van der Waals surface area contributed by atoms with Gasteiger partial charge in [0.05, 0.1) is 21.7 Å². The van der Waals surface area contributed by atoms with Crippen LogP contribution in [0.4, 0.5) is 11.4 Å². The van der Waals surface area contributed by atoms with Crippen molar-refractivity contribution in [3.05, 3.63) is 57.4 Å². The van der Waals surface area contributed by atoms with E-state index in [1.807, 2.05) is 6.07 Å². The predicted octanol–water partition coefficient (Wildman–Crippen LogP) is 3.98. The molecule has 0 radical (unpaired) electrons. The Hall–Kier alpha value is -2.62. The van der Waals surface area contributed by atoms with Crippen LogP contribution in [0.2, 0.25) is 5.02 Å². The highest BCUT2D eigenvalue weighted by molar-refractivity contribution is 7.92. The number of halogens is 1. The molecule has 2 aromatic heterocycles. The van der Waals surface area contributed by atoms with Crippen LogP contribution in [-0.2, 0) is 16.6 Å². The van der Waals surface area contributed by atoms with E-state index >= 15 is 0 Å². The number of carbonyl (C=O) groups excluding carboxylic acids is 1. The average Bonchev–Trinajstić information content (AvgIpc) is 3.04. The molecule has 0 saturated carbocycles. The topological polar surface area (TPSA) is 97.4 Å². The maximum absolute atomic E-state index is 12.7. The number of carbonyl (C=O) groups is 1. The molecule has 3 heterocycles. The zero-order chi connectivity index (χ0) is 19.9. The number of rotatable bonds is 4. The molecule has 4 rings (SSSR count). The summed E-state index contributed by atoms with van der Waals surface area (Å²) in [6.45, 7) is 0.381. The normalized spacial score (nSPS) is 12.5. The molecule has 1 aliphatic rings. The van der Waals surface area contributed by atoms with Crippen LogP contribution in [0.25, 0.3) is 11.3 Å². The first-order valence-electron chi connectivity index (χ1n) is 8.09. The van der Waals surface area contributed by atoms with Crippen molar-refractivity contribution in [2.75, 3.05) is 16.3 Å². The van der Waals surface area contributed by atoms with Gasteiger partial charge in [0.1, 0.15) is 18.1 Å². The summed E-state index contributed by atoms with van der Waals surface area (Å²) in [6, 6.07) is 9.92. The molecule has 1 aromatic carbocycles. The molecule has 0 bridgehead atoms. The van der Waals surface area contributed by atoms with Gasteiger partial charge in [0.25, 0.3) is 5.91 Å².